The van der Waals surface area contributed by atoms with Crippen molar-refractivity contribution in [3.63, 3.8) is 0 Å². The summed E-state index contributed by atoms with van der Waals surface area (Å²) in [5.74, 6) is 1.65. The van der Waals surface area contributed by atoms with Crippen LogP contribution in [-0.4, -0.2) is 28.9 Å². The third-order valence-corrected chi connectivity index (χ3v) is 8.92. The van der Waals surface area contributed by atoms with Gasteiger partial charge in [-0.05, 0) is 73.5 Å². The number of allylic oxidation sites excluding steroid dienone is 1. The molecule has 0 bridgehead atoms. The molecule has 3 fully saturated rings. The summed E-state index contributed by atoms with van der Waals surface area (Å²) in [7, 11) is 0. The van der Waals surface area contributed by atoms with E-state index in [1.165, 1.54) is 12.5 Å². The predicted octanol–water partition coefficient (Wildman–Crippen LogP) is 4.37. The number of carbonyl (C=O) groups excluding carboxylic acids is 2. The highest BCUT2D eigenvalue weighted by Gasteiger charge is 2.60. The van der Waals surface area contributed by atoms with Crippen LogP contribution >= 0.6 is 0 Å². The number of hydrogen-bond acceptors (Lipinski definition) is 3. The fourth-order valence-corrected chi connectivity index (χ4v) is 7.58. The molecule has 0 N–H and O–H groups in total. The third kappa shape index (κ3) is 2.90. The Morgan fingerprint density at radius 3 is 2.68 bits per heavy atom. The van der Waals surface area contributed by atoms with Crippen LogP contribution < -0.4 is 0 Å². The summed E-state index contributed by atoms with van der Waals surface area (Å²) in [4.78, 5) is 26.9. The first-order chi connectivity index (χ1) is 13.3. The molecule has 0 aromatic rings. The quantitative estimate of drug-likeness (QED) is 0.238. The van der Waals surface area contributed by atoms with Crippen molar-refractivity contribution in [3.8, 4) is 0 Å². The smallest absolute Gasteiger partial charge is 0.323 e. The van der Waals surface area contributed by atoms with Crippen LogP contribution in [0.4, 0.5) is 0 Å². The molecule has 0 aromatic heterocycles. The summed E-state index contributed by atoms with van der Waals surface area (Å²) in [5.41, 5.74) is 10.5. The van der Waals surface area contributed by atoms with Gasteiger partial charge >= 0.3 is 12.2 Å². The lowest BCUT2D eigenvalue weighted by atomic mass is 9.47. The Morgan fingerprint density at radius 1 is 1.18 bits per heavy atom. The predicted molar refractivity (Wildman–Crippen MR) is 105 cm³/mol. The summed E-state index contributed by atoms with van der Waals surface area (Å²) < 4.78 is 5.52. The van der Waals surface area contributed by atoms with E-state index in [9.17, 15) is 9.59 Å². The van der Waals surface area contributed by atoms with Crippen LogP contribution in [0.5, 0.6) is 0 Å². The number of nitrogens with zero attached hydrogens (tertiary/aromatic N) is 2. The Hall–Kier alpha value is -1.74. The molecule has 5 nitrogen and oxygen atoms in total. The summed E-state index contributed by atoms with van der Waals surface area (Å²) in [5, 5.41) is 0. The molecular weight excluding hydrogens is 352 g/mol. The summed E-state index contributed by atoms with van der Waals surface area (Å²) >= 11 is 0. The van der Waals surface area contributed by atoms with Gasteiger partial charge in [0, 0.05) is 19.3 Å². The first-order valence-electron chi connectivity index (χ1n) is 10.9. The van der Waals surface area contributed by atoms with E-state index in [0.29, 0.717) is 17.8 Å². The molecule has 5 heteroatoms. The van der Waals surface area contributed by atoms with Crippen molar-refractivity contribution >= 4 is 18.0 Å². The van der Waals surface area contributed by atoms with Crippen LogP contribution in [-0.2, 0) is 14.3 Å². The molecule has 0 amide bonds. The zero-order valence-corrected chi connectivity index (χ0v) is 17.3. The molecule has 0 saturated heterocycles. The topological polar surface area (TPSA) is 79.8 Å². The lowest BCUT2D eigenvalue weighted by Gasteiger charge is -2.57. The van der Waals surface area contributed by atoms with Gasteiger partial charge in [0.1, 0.15) is 6.10 Å². The van der Waals surface area contributed by atoms with Crippen molar-refractivity contribution in [1.82, 2.24) is 0 Å². The van der Waals surface area contributed by atoms with Crippen LogP contribution in [0, 0.1) is 34.5 Å². The van der Waals surface area contributed by atoms with E-state index >= 15 is 0 Å². The molecule has 152 valence electrons. The fourth-order valence-electron chi connectivity index (χ4n) is 7.58. The van der Waals surface area contributed by atoms with Gasteiger partial charge in [0.15, 0.2) is 0 Å². The number of fused-ring (bicyclic) bond motifs is 5. The van der Waals surface area contributed by atoms with Gasteiger partial charge in [-0.2, -0.15) is 4.79 Å². The summed E-state index contributed by atoms with van der Waals surface area (Å²) in [6.45, 7) is 6.23. The van der Waals surface area contributed by atoms with Crippen LogP contribution in [0.25, 0.3) is 5.53 Å². The highest BCUT2D eigenvalue weighted by Crippen LogP contribution is 2.66. The Morgan fingerprint density at radius 2 is 1.96 bits per heavy atom. The van der Waals surface area contributed by atoms with Gasteiger partial charge in [-0.3, -0.25) is 9.59 Å². The number of Topliss-reactive ketones (excluding diaryl/α,β-unsaturated/α-hetero) is 1. The standard InChI is InChI=1S/C23H32N2O3/c1-14(26)28-16-8-10-22(2)15(12-16)4-5-17-18-6-7-20(21(27)13-25-24)23(18,3)11-9-19(17)22/h4,13,16-20H,5-12H2,1-3H3. The normalized spacial score (nSPS) is 44.2. The second kappa shape index (κ2) is 6.95. The van der Waals surface area contributed by atoms with Gasteiger partial charge in [0.25, 0.3) is 0 Å². The van der Waals surface area contributed by atoms with E-state index in [4.69, 9.17) is 10.3 Å². The molecule has 4 rings (SSSR count). The molecule has 7 atom stereocenters. The minimum atomic E-state index is -0.176. The van der Waals surface area contributed by atoms with Gasteiger partial charge in [-0.25, -0.2) is 0 Å². The maximum absolute atomic E-state index is 12.5. The minimum absolute atomic E-state index is 0.00719. The lowest BCUT2D eigenvalue weighted by Crippen LogP contribution is -2.51. The number of hydrogen-bond donors (Lipinski definition) is 0. The van der Waals surface area contributed by atoms with E-state index in [1.807, 2.05) is 0 Å². The van der Waals surface area contributed by atoms with Gasteiger partial charge in [0.2, 0.25) is 5.78 Å². The van der Waals surface area contributed by atoms with Gasteiger partial charge in [0.05, 0.1) is 0 Å². The van der Waals surface area contributed by atoms with Gasteiger partial charge < -0.3 is 10.3 Å². The van der Waals surface area contributed by atoms with Crippen LogP contribution in [0.15, 0.2) is 11.6 Å². The molecule has 28 heavy (non-hydrogen) atoms. The van der Waals surface area contributed by atoms with Crippen molar-refractivity contribution in [2.45, 2.75) is 78.2 Å². The second-order valence-electron chi connectivity index (χ2n) is 10.1. The first-order valence-corrected chi connectivity index (χ1v) is 10.9. The molecule has 4 aliphatic carbocycles. The van der Waals surface area contributed by atoms with E-state index in [0.717, 1.165) is 57.6 Å². The molecule has 0 aliphatic heterocycles. The Bertz CT molecular complexity index is 768. The first kappa shape index (κ1) is 19.6. The van der Waals surface area contributed by atoms with Gasteiger partial charge in [-0.15, -0.1) is 0 Å². The molecule has 4 aliphatic rings. The second-order valence-corrected chi connectivity index (χ2v) is 10.1. The lowest BCUT2D eigenvalue weighted by molar-refractivity contribution is -0.149. The van der Waals surface area contributed by atoms with Crippen molar-refractivity contribution in [3.05, 3.63) is 17.2 Å². The molecule has 0 radical (unpaired) electrons. The maximum atomic E-state index is 12.5. The van der Waals surface area contributed by atoms with E-state index in [1.54, 1.807) is 0 Å². The number of ether oxygens (including phenoxy) is 1. The molecular formula is C23H32N2O3. The number of rotatable bonds is 3. The molecule has 0 spiro atoms. The maximum Gasteiger partial charge on any atom is 0.323 e. The SMILES string of the molecule is CC(=O)OC1CCC2(C)C(=CCC3C2CCC2(C)C(C(=O)C=[N+]=[N-])CCC32)C1. The molecule has 0 heterocycles. The number of ketones is 1. The van der Waals surface area contributed by atoms with E-state index in [2.05, 4.69) is 24.7 Å². The van der Waals surface area contributed by atoms with E-state index in [-0.39, 0.29) is 34.6 Å². The average molecular weight is 385 g/mol. The van der Waals surface area contributed by atoms with Gasteiger partial charge in [-0.1, -0.05) is 25.5 Å². The molecule has 7 unspecified atom stereocenters. The summed E-state index contributed by atoms with van der Waals surface area (Å²) in [6.07, 6.45) is 11.8. The molecule has 3 saturated carbocycles. The minimum Gasteiger partial charge on any atom is -0.462 e. The van der Waals surface area contributed by atoms with Crippen molar-refractivity contribution in [2.24, 2.45) is 34.5 Å². The van der Waals surface area contributed by atoms with E-state index < -0.39 is 0 Å². The van der Waals surface area contributed by atoms with Crippen LogP contribution in [0.1, 0.15) is 72.1 Å². The molecule has 0 aromatic carbocycles. The highest BCUT2D eigenvalue weighted by molar-refractivity contribution is 6.26. The third-order valence-electron chi connectivity index (χ3n) is 8.92. The van der Waals surface area contributed by atoms with Crippen molar-refractivity contribution < 1.29 is 19.1 Å². The van der Waals surface area contributed by atoms with Crippen LogP contribution in [0.3, 0.4) is 0 Å². The Kier molecular flexibility index (Phi) is 4.86. The zero-order valence-electron chi connectivity index (χ0n) is 17.3. The summed E-state index contributed by atoms with van der Waals surface area (Å²) in [6, 6.07) is 0. The Balaban J connectivity index is 1.58. The Labute approximate surface area is 167 Å². The largest absolute Gasteiger partial charge is 0.462 e. The average Bonchev–Trinajstić information content (AvgIpc) is 2.99. The fraction of sp³-hybridized carbons (Fsp3) is 0.783. The van der Waals surface area contributed by atoms with Crippen LogP contribution in [0.2, 0.25) is 0 Å². The highest BCUT2D eigenvalue weighted by atomic mass is 16.5. The number of carbonyl (C=O) groups is 2. The van der Waals surface area contributed by atoms with Crippen molar-refractivity contribution in [2.75, 3.05) is 0 Å². The van der Waals surface area contributed by atoms with Crippen molar-refractivity contribution in [1.29, 1.82) is 0 Å². The number of esters is 1. The zero-order chi connectivity index (χ0) is 20.1. The monoisotopic (exact) mass is 384 g/mol.